The average molecular weight is 521 g/mol. The number of nitrogens with zero attached hydrogens (tertiary/aromatic N) is 2. The normalized spacial score (nSPS) is 12.7. The Morgan fingerprint density at radius 3 is 2.63 bits per heavy atom. The van der Waals surface area contributed by atoms with Crippen molar-refractivity contribution in [3.63, 3.8) is 0 Å². The highest BCUT2D eigenvalue weighted by molar-refractivity contribution is 6.02. The minimum atomic E-state index is -4.88. The summed E-state index contributed by atoms with van der Waals surface area (Å²) in [6.45, 7) is 2.25. The number of ether oxygens (including phenoxy) is 1. The number of benzene rings is 3. The van der Waals surface area contributed by atoms with Crippen LogP contribution >= 0.6 is 0 Å². The molecule has 0 fully saturated rings. The largest absolute Gasteiger partial charge is 0.573 e. The number of fused-ring (bicyclic) bond motifs is 2. The van der Waals surface area contributed by atoms with Gasteiger partial charge in [-0.15, -0.1) is 13.2 Å². The summed E-state index contributed by atoms with van der Waals surface area (Å²) in [6.07, 6.45) is -4.23. The number of aliphatic imine (C=N–C) groups is 1. The number of carbonyl (C=O) groups is 1. The molecule has 11 heteroatoms. The van der Waals surface area contributed by atoms with Gasteiger partial charge < -0.3 is 10.1 Å². The summed E-state index contributed by atoms with van der Waals surface area (Å²) in [4.78, 5) is 28.4. The molecule has 38 heavy (non-hydrogen) atoms. The molecule has 0 saturated carbocycles. The Morgan fingerprint density at radius 2 is 1.87 bits per heavy atom. The molecule has 194 valence electrons. The lowest BCUT2D eigenvalue weighted by Crippen LogP contribution is -2.39. The third kappa shape index (κ3) is 5.36. The fourth-order valence-electron chi connectivity index (χ4n) is 4.38. The summed E-state index contributed by atoms with van der Waals surface area (Å²) in [5, 5.41) is 13.1. The first-order chi connectivity index (χ1) is 18.2. The minimum absolute atomic E-state index is 0.219. The lowest BCUT2D eigenvalue weighted by Gasteiger charge is -2.15. The number of H-pyrrole nitrogens is 1. The van der Waals surface area contributed by atoms with Crippen molar-refractivity contribution in [2.75, 3.05) is 6.54 Å². The predicted molar refractivity (Wildman–Crippen MR) is 137 cm³/mol. The first-order valence-corrected chi connectivity index (χ1v) is 11.8. The molecule has 2 heterocycles. The fourth-order valence-corrected chi connectivity index (χ4v) is 4.38. The minimum Gasteiger partial charge on any atom is -0.405 e. The van der Waals surface area contributed by atoms with Crippen LogP contribution in [0.2, 0.25) is 0 Å². The van der Waals surface area contributed by atoms with Gasteiger partial charge in [0.05, 0.1) is 16.8 Å². The molecular formula is C27H22F3N5O3. The van der Waals surface area contributed by atoms with Gasteiger partial charge in [-0.3, -0.25) is 10.1 Å². The van der Waals surface area contributed by atoms with Crippen LogP contribution < -0.4 is 20.9 Å². The molecule has 1 aliphatic heterocycles. The zero-order chi connectivity index (χ0) is 26.9. The van der Waals surface area contributed by atoms with Crippen LogP contribution in [0.4, 0.5) is 23.7 Å². The number of aromatic nitrogens is 2. The van der Waals surface area contributed by atoms with Crippen molar-refractivity contribution in [3.8, 4) is 16.9 Å². The van der Waals surface area contributed by atoms with Crippen LogP contribution in [0.5, 0.6) is 5.75 Å². The highest BCUT2D eigenvalue weighted by Gasteiger charge is 2.32. The first kappa shape index (κ1) is 25.0. The summed E-state index contributed by atoms with van der Waals surface area (Å²) in [5.41, 5.74) is 2.99. The summed E-state index contributed by atoms with van der Waals surface area (Å²) >= 11 is 0. The SMILES string of the molecule is CCNC(=O)NC1=Nc2cc(-c3cc(Cc4n[nH]c(=O)c5ccccc45)ccc3OC(F)(F)F)ccc2C1. The second-order valence-electron chi connectivity index (χ2n) is 8.66. The van der Waals surface area contributed by atoms with Gasteiger partial charge in [0.25, 0.3) is 5.56 Å². The van der Waals surface area contributed by atoms with E-state index in [9.17, 15) is 22.8 Å². The maximum absolute atomic E-state index is 13.2. The van der Waals surface area contributed by atoms with Gasteiger partial charge in [-0.2, -0.15) is 5.10 Å². The van der Waals surface area contributed by atoms with Gasteiger partial charge in [-0.1, -0.05) is 36.4 Å². The molecule has 0 saturated heterocycles. The number of aromatic amines is 1. The molecule has 1 aromatic heterocycles. The topological polar surface area (TPSA) is 108 Å². The van der Waals surface area contributed by atoms with Crippen molar-refractivity contribution in [2.24, 2.45) is 4.99 Å². The second-order valence-corrected chi connectivity index (χ2v) is 8.66. The molecule has 0 spiro atoms. The molecule has 0 atom stereocenters. The molecule has 2 amide bonds. The Morgan fingerprint density at radius 1 is 1.08 bits per heavy atom. The number of amides is 2. The molecule has 5 rings (SSSR count). The number of halogens is 3. The Bertz CT molecular complexity index is 1630. The number of hydrogen-bond acceptors (Lipinski definition) is 5. The van der Waals surface area contributed by atoms with Crippen molar-refractivity contribution >= 4 is 28.3 Å². The Labute approximate surface area is 214 Å². The molecule has 3 N–H and O–H groups in total. The third-order valence-corrected chi connectivity index (χ3v) is 6.02. The van der Waals surface area contributed by atoms with Crippen LogP contribution in [0.15, 0.2) is 70.5 Å². The summed E-state index contributed by atoms with van der Waals surface area (Å²) in [5.74, 6) is 0.0859. The molecule has 8 nitrogen and oxygen atoms in total. The summed E-state index contributed by atoms with van der Waals surface area (Å²) < 4.78 is 44.0. The van der Waals surface area contributed by atoms with E-state index >= 15 is 0 Å². The molecule has 3 aromatic carbocycles. The van der Waals surface area contributed by atoms with Crippen LogP contribution in [0.25, 0.3) is 21.9 Å². The standard InChI is InChI=1S/C27H22F3N5O3/c1-2-31-26(37)33-24-14-17-9-8-16(13-21(17)32-24)20-11-15(7-10-23(20)38-27(28,29)30)12-22-18-5-3-4-6-19(18)25(36)35-34-22/h3-11,13H,2,12,14H2,1H3,(H,35,36)(H2,31,32,33,37). The molecule has 0 radical (unpaired) electrons. The lowest BCUT2D eigenvalue weighted by atomic mass is 9.97. The first-order valence-electron chi connectivity index (χ1n) is 11.8. The summed E-state index contributed by atoms with van der Waals surface area (Å²) in [6, 6.07) is 16.2. The molecule has 0 unspecified atom stereocenters. The smallest absolute Gasteiger partial charge is 0.405 e. The average Bonchev–Trinajstić information content (AvgIpc) is 3.27. The Balaban J connectivity index is 1.52. The van der Waals surface area contributed by atoms with Crippen LogP contribution in [-0.2, 0) is 12.8 Å². The number of urea groups is 1. The number of carbonyl (C=O) groups excluding carboxylic acids is 1. The highest BCUT2D eigenvalue weighted by atomic mass is 19.4. The number of rotatable bonds is 5. The zero-order valence-electron chi connectivity index (χ0n) is 20.1. The number of amidine groups is 1. The van der Waals surface area contributed by atoms with E-state index in [1.807, 2.05) is 0 Å². The molecule has 0 aliphatic carbocycles. The molecule has 4 aromatic rings. The van der Waals surface area contributed by atoms with E-state index in [4.69, 9.17) is 0 Å². The van der Waals surface area contributed by atoms with E-state index in [0.29, 0.717) is 52.1 Å². The quantitative estimate of drug-likeness (QED) is 0.344. The number of alkyl halides is 3. The van der Waals surface area contributed by atoms with E-state index in [1.54, 1.807) is 55.5 Å². The summed E-state index contributed by atoms with van der Waals surface area (Å²) in [7, 11) is 0. The Hall–Kier alpha value is -4.67. The lowest BCUT2D eigenvalue weighted by molar-refractivity contribution is -0.274. The van der Waals surface area contributed by atoms with Crippen molar-refractivity contribution < 1.29 is 22.7 Å². The van der Waals surface area contributed by atoms with Gasteiger partial charge in [0.2, 0.25) is 0 Å². The highest BCUT2D eigenvalue weighted by Crippen LogP contribution is 2.38. The fraction of sp³-hybridized carbons (Fsp3) is 0.185. The van der Waals surface area contributed by atoms with Crippen LogP contribution in [-0.4, -0.2) is 35.0 Å². The number of nitrogens with one attached hydrogen (secondary N) is 3. The van der Waals surface area contributed by atoms with Gasteiger partial charge in [0.15, 0.2) is 0 Å². The maximum Gasteiger partial charge on any atom is 0.573 e. The van der Waals surface area contributed by atoms with Crippen LogP contribution in [0, 0.1) is 0 Å². The van der Waals surface area contributed by atoms with Gasteiger partial charge in [-0.25, -0.2) is 14.9 Å². The van der Waals surface area contributed by atoms with Gasteiger partial charge >= 0.3 is 12.4 Å². The van der Waals surface area contributed by atoms with Gasteiger partial charge in [0, 0.05) is 30.3 Å². The van der Waals surface area contributed by atoms with E-state index in [-0.39, 0.29) is 29.3 Å². The van der Waals surface area contributed by atoms with E-state index < -0.39 is 6.36 Å². The molecule has 1 aliphatic rings. The Kier molecular flexibility index (Phi) is 6.58. The monoisotopic (exact) mass is 521 g/mol. The second kappa shape index (κ2) is 10.0. The maximum atomic E-state index is 13.2. The molecular weight excluding hydrogens is 499 g/mol. The van der Waals surface area contributed by atoms with Gasteiger partial charge in [-0.05, 0) is 47.9 Å². The zero-order valence-corrected chi connectivity index (χ0v) is 20.1. The van der Waals surface area contributed by atoms with Crippen LogP contribution in [0.1, 0.15) is 23.7 Å². The van der Waals surface area contributed by atoms with E-state index in [1.165, 1.54) is 12.1 Å². The molecule has 0 bridgehead atoms. The predicted octanol–water partition coefficient (Wildman–Crippen LogP) is 4.98. The van der Waals surface area contributed by atoms with Gasteiger partial charge in [0.1, 0.15) is 11.6 Å². The van der Waals surface area contributed by atoms with E-state index in [2.05, 4.69) is 30.6 Å². The van der Waals surface area contributed by atoms with Crippen molar-refractivity contribution in [3.05, 3.63) is 87.8 Å². The van der Waals surface area contributed by atoms with E-state index in [0.717, 1.165) is 5.56 Å². The number of hydrogen-bond donors (Lipinski definition) is 3. The van der Waals surface area contributed by atoms with Crippen molar-refractivity contribution in [1.82, 2.24) is 20.8 Å². The van der Waals surface area contributed by atoms with Crippen molar-refractivity contribution in [1.29, 1.82) is 0 Å². The van der Waals surface area contributed by atoms with Crippen molar-refractivity contribution in [2.45, 2.75) is 26.1 Å². The third-order valence-electron chi connectivity index (χ3n) is 6.02. The van der Waals surface area contributed by atoms with Crippen LogP contribution in [0.3, 0.4) is 0 Å².